The van der Waals surface area contributed by atoms with Crippen molar-refractivity contribution in [1.29, 1.82) is 0 Å². The minimum Gasteiger partial charge on any atom is -0.409 e. The average molecular weight is 215 g/mol. The van der Waals surface area contributed by atoms with Gasteiger partial charge in [-0.3, -0.25) is 4.79 Å². The van der Waals surface area contributed by atoms with Crippen molar-refractivity contribution in [3.05, 3.63) is 0 Å². The van der Waals surface area contributed by atoms with Crippen LogP contribution in [-0.2, 0) is 4.79 Å². The molecular formula is C10H21N3O2. The lowest BCUT2D eigenvalue weighted by molar-refractivity contribution is -0.127. The lowest BCUT2D eigenvalue weighted by atomic mass is 9.85. The summed E-state index contributed by atoms with van der Waals surface area (Å²) in [6, 6.07) is 0. The van der Waals surface area contributed by atoms with E-state index in [1.54, 1.807) is 6.92 Å². The number of nitrogens with zero attached hydrogens (tertiary/aromatic N) is 1. The Morgan fingerprint density at radius 1 is 1.60 bits per heavy atom. The first-order valence-corrected chi connectivity index (χ1v) is 5.14. The third-order valence-electron chi connectivity index (χ3n) is 2.55. The van der Waals surface area contributed by atoms with Crippen molar-refractivity contribution in [2.24, 2.45) is 22.2 Å². The van der Waals surface area contributed by atoms with Gasteiger partial charge >= 0.3 is 0 Å². The number of carbonyl (C=O) groups excluding carboxylic acids is 1. The molecule has 0 saturated carbocycles. The van der Waals surface area contributed by atoms with Crippen LogP contribution in [0, 0.1) is 11.3 Å². The van der Waals surface area contributed by atoms with E-state index in [2.05, 4.69) is 10.5 Å². The zero-order chi connectivity index (χ0) is 12.1. The molecule has 0 bridgehead atoms. The Bertz CT molecular complexity index is 251. The average Bonchev–Trinajstić information content (AvgIpc) is 2.23. The van der Waals surface area contributed by atoms with Crippen LogP contribution >= 0.6 is 0 Å². The van der Waals surface area contributed by atoms with Crippen LogP contribution in [0.1, 0.15) is 34.1 Å². The standard InChI is InChI=1S/C10H21N3O2/c1-5-10(4,8(11)13-15)9(14)12-6-7(2)3/h7,15H,5-6H2,1-4H3,(H2,11,13)(H,12,14). The fraction of sp³-hybridized carbons (Fsp3) is 0.800. The molecule has 5 nitrogen and oxygen atoms in total. The van der Waals surface area contributed by atoms with Crippen molar-refractivity contribution in [3.8, 4) is 0 Å². The van der Waals surface area contributed by atoms with E-state index in [1.807, 2.05) is 20.8 Å². The molecule has 1 atom stereocenters. The second-order valence-electron chi connectivity index (χ2n) is 4.27. The summed E-state index contributed by atoms with van der Waals surface area (Å²) in [5, 5.41) is 14.3. The van der Waals surface area contributed by atoms with Gasteiger partial charge in [0.1, 0.15) is 5.41 Å². The summed E-state index contributed by atoms with van der Waals surface area (Å²) in [7, 11) is 0. The van der Waals surface area contributed by atoms with E-state index in [9.17, 15) is 4.79 Å². The molecule has 0 aromatic rings. The number of hydrogen-bond donors (Lipinski definition) is 3. The van der Waals surface area contributed by atoms with Gasteiger partial charge in [-0.15, -0.1) is 0 Å². The van der Waals surface area contributed by atoms with Crippen molar-refractivity contribution in [1.82, 2.24) is 5.32 Å². The molecule has 0 aliphatic heterocycles. The number of carbonyl (C=O) groups is 1. The van der Waals surface area contributed by atoms with Crippen LogP contribution in [0.2, 0.25) is 0 Å². The summed E-state index contributed by atoms with van der Waals surface area (Å²) in [5.74, 6) is 0.127. The Morgan fingerprint density at radius 2 is 2.13 bits per heavy atom. The summed E-state index contributed by atoms with van der Waals surface area (Å²) < 4.78 is 0. The first-order valence-electron chi connectivity index (χ1n) is 5.14. The van der Waals surface area contributed by atoms with Gasteiger partial charge in [-0.05, 0) is 19.3 Å². The highest BCUT2D eigenvalue weighted by Crippen LogP contribution is 2.21. The monoisotopic (exact) mass is 215 g/mol. The summed E-state index contributed by atoms with van der Waals surface area (Å²) >= 11 is 0. The zero-order valence-corrected chi connectivity index (χ0v) is 9.87. The molecule has 0 saturated heterocycles. The number of amides is 1. The van der Waals surface area contributed by atoms with Crippen molar-refractivity contribution in [2.75, 3.05) is 6.54 Å². The first kappa shape index (κ1) is 13.7. The van der Waals surface area contributed by atoms with Crippen LogP contribution in [0.15, 0.2) is 5.16 Å². The van der Waals surface area contributed by atoms with Crippen LogP contribution in [0.25, 0.3) is 0 Å². The Hall–Kier alpha value is -1.26. The maximum atomic E-state index is 11.8. The predicted molar refractivity (Wildman–Crippen MR) is 59.7 cm³/mol. The molecular weight excluding hydrogens is 194 g/mol. The molecule has 4 N–H and O–H groups in total. The quantitative estimate of drug-likeness (QED) is 0.276. The summed E-state index contributed by atoms with van der Waals surface area (Å²) in [4.78, 5) is 11.8. The lowest BCUT2D eigenvalue weighted by Crippen LogP contribution is -2.48. The second-order valence-corrected chi connectivity index (χ2v) is 4.27. The van der Waals surface area contributed by atoms with Gasteiger partial charge in [0.05, 0.1) is 0 Å². The van der Waals surface area contributed by atoms with Crippen molar-refractivity contribution in [2.45, 2.75) is 34.1 Å². The van der Waals surface area contributed by atoms with Gasteiger partial charge in [-0.2, -0.15) is 0 Å². The number of amidine groups is 1. The molecule has 15 heavy (non-hydrogen) atoms. The van der Waals surface area contributed by atoms with Gasteiger partial charge in [0.15, 0.2) is 5.84 Å². The number of oxime groups is 1. The number of hydrogen-bond acceptors (Lipinski definition) is 3. The van der Waals surface area contributed by atoms with E-state index in [0.29, 0.717) is 18.9 Å². The molecule has 0 aromatic carbocycles. The Labute approximate surface area is 90.7 Å². The summed E-state index contributed by atoms with van der Waals surface area (Å²) in [5.41, 5.74) is 4.58. The van der Waals surface area contributed by atoms with Gasteiger partial charge in [-0.1, -0.05) is 25.9 Å². The zero-order valence-electron chi connectivity index (χ0n) is 9.87. The van der Waals surface area contributed by atoms with Crippen LogP contribution < -0.4 is 11.1 Å². The molecule has 0 fully saturated rings. The van der Waals surface area contributed by atoms with Gasteiger partial charge in [0.2, 0.25) is 5.91 Å². The predicted octanol–water partition coefficient (Wildman–Crippen LogP) is 0.921. The Balaban J connectivity index is 4.60. The maximum absolute atomic E-state index is 11.8. The van der Waals surface area contributed by atoms with Crippen molar-refractivity contribution >= 4 is 11.7 Å². The second kappa shape index (κ2) is 5.58. The number of nitrogens with one attached hydrogen (secondary N) is 1. The van der Waals surface area contributed by atoms with Crippen molar-refractivity contribution < 1.29 is 10.0 Å². The van der Waals surface area contributed by atoms with Crippen molar-refractivity contribution in [3.63, 3.8) is 0 Å². The SMILES string of the molecule is CCC(C)(C(=O)NCC(C)C)C(N)=NO. The third kappa shape index (κ3) is 3.42. The van der Waals surface area contributed by atoms with E-state index in [0.717, 1.165) is 0 Å². The van der Waals surface area contributed by atoms with E-state index < -0.39 is 5.41 Å². The topological polar surface area (TPSA) is 87.7 Å². The highest BCUT2D eigenvalue weighted by Gasteiger charge is 2.36. The molecule has 0 aromatic heterocycles. The fourth-order valence-corrected chi connectivity index (χ4v) is 1.06. The smallest absolute Gasteiger partial charge is 0.233 e. The summed E-state index contributed by atoms with van der Waals surface area (Å²) in [6.07, 6.45) is 0.493. The van der Waals surface area contributed by atoms with E-state index in [1.165, 1.54) is 0 Å². The molecule has 0 aliphatic rings. The molecule has 0 rings (SSSR count). The molecule has 0 spiro atoms. The normalized spacial score (nSPS) is 16.2. The van der Waals surface area contributed by atoms with Crippen LogP contribution in [-0.4, -0.2) is 23.5 Å². The van der Waals surface area contributed by atoms with Gasteiger partial charge < -0.3 is 16.3 Å². The lowest BCUT2D eigenvalue weighted by Gasteiger charge is -2.25. The fourth-order valence-electron chi connectivity index (χ4n) is 1.06. The molecule has 1 unspecified atom stereocenters. The Kier molecular flexibility index (Phi) is 5.11. The molecule has 0 aliphatic carbocycles. The van der Waals surface area contributed by atoms with Crippen LogP contribution in [0.4, 0.5) is 0 Å². The van der Waals surface area contributed by atoms with Gasteiger partial charge in [-0.25, -0.2) is 0 Å². The first-order chi connectivity index (χ1) is 6.88. The number of rotatable bonds is 5. The van der Waals surface area contributed by atoms with Crippen LogP contribution in [0.5, 0.6) is 0 Å². The highest BCUT2D eigenvalue weighted by molar-refractivity contribution is 6.06. The number of nitrogens with two attached hydrogens (primary N) is 1. The molecule has 0 radical (unpaired) electrons. The van der Waals surface area contributed by atoms with Gasteiger partial charge in [0, 0.05) is 6.54 Å². The molecule has 5 heteroatoms. The van der Waals surface area contributed by atoms with E-state index in [-0.39, 0.29) is 11.7 Å². The Morgan fingerprint density at radius 3 is 2.47 bits per heavy atom. The minimum absolute atomic E-state index is 0.0498. The highest BCUT2D eigenvalue weighted by atomic mass is 16.4. The molecule has 0 heterocycles. The summed E-state index contributed by atoms with van der Waals surface area (Å²) in [6.45, 7) is 8.10. The van der Waals surface area contributed by atoms with Gasteiger partial charge in [0.25, 0.3) is 0 Å². The van der Waals surface area contributed by atoms with E-state index >= 15 is 0 Å². The molecule has 1 amide bonds. The molecule has 88 valence electrons. The van der Waals surface area contributed by atoms with Crippen LogP contribution in [0.3, 0.4) is 0 Å². The third-order valence-corrected chi connectivity index (χ3v) is 2.55. The van der Waals surface area contributed by atoms with E-state index in [4.69, 9.17) is 10.9 Å². The largest absolute Gasteiger partial charge is 0.409 e. The minimum atomic E-state index is -0.927. The maximum Gasteiger partial charge on any atom is 0.233 e.